The van der Waals surface area contributed by atoms with Crippen LogP contribution in [-0.2, 0) is 9.47 Å². The van der Waals surface area contributed by atoms with Crippen molar-refractivity contribution >= 4 is 11.6 Å². The molecular weight excluding hydrogens is 260 g/mol. The Kier molecular flexibility index (Phi) is 5.19. The number of halogens is 1. The third kappa shape index (κ3) is 3.65. The molecule has 2 aliphatic rings. The number of ether oxygens (including phenoxy) is 2. The lowest BCUT2D eigenvalue weighted by atomic mass is 9.68. The third-order valence-electron chi connectivity index (χ3n) is 5.09. The molecule has 0 aromatic heterocycles. The van der Waals surface area contributed by atoms with Gasteiger partial charge in [-0.1, -0.05) is 27.2 Å². The molecular formula is C16H29ClO2. The van der Waals surface area contributed by atoms with Crippen LogP contribution >= 0.6 is 11.6 Å². The lowest BCUT2D eigenvalue weighted by Gasteiger charge is -2.42. The molecule has 0 amide bonds. The van der Waals surface area contributed by atoms with Crippen LogP contribution in [0.4, 0.5) is 0 Å². The van der Waals surface area contributed by atoms with E-state index in [2.05, 4.69) is 20.8 Å². The van der Waals surface area contributed by atoms with Crippen LogP contribution in [0, 0.1) is 11.3 Å². The maximum atomic E-state index is 6.14. The summed E-state index contributed by atoms with van der Waals surface area (Å²) in [5.74, 6) is 1.21. The molecule has 0 bridgehead atoms. The molecule has 1 saturated carbocycles. The van der Waals surface area contributed by atoms with Gasteiger partial charge >= 0.3 is 0 Å². The van der Waals surface area contributed by atoms with Gasteiger partial charge in [-0.2, -0.15) is 0 Å². The van der Waals surface area contributed by atoms with E-state index >= 15 is 0 Å². The minimum absolute atomic E-state index is 0.220. The molecule has 2 fully saturated rings. The van der Waals surface area contributed by atoms with Gasteiger partial charge in [0, 0.05) is 18.7 Å². The van der Waals surface area contributed by atoms with E-state index in [0.29, 0.717) is 11.3 Å². The van der Waals surface area contributed by atoms with Gasteiger partial charge in [0.2, 0.25) is 0 Å². The average molecular weight is 289 g/mol. The topological polar surface area (TPSA) is 18.5 Å². The quantitative estimate of drug-likeness (QED) is 0.680. The van der Waals surface area contributed by atoms with Gasteiger partial charge in [-0.3, -0.25) is 0 Å². The molecule has 0 N–H and O–H groups in total. The predicted molar refractivity (Wildman–Crippen MR) is 79.5 cm³/mol. The summed E-state index contributed by atoms with van der Waals surface area (Å²) in [4.78, 5) is 0. The molecule has 1 aliphatic heterocycles. The predicted octanol–water partition coefficient (Wildman–Crippen LogP) is 4.74. The highest BCUT2D eigenvalue weighted by Gasteiger charge is 2.46. The van der Waals surface area contributed by atoms with Gasteiger partial charge in [0.1, 0.15) is 0 Å². The molecule has 1 saturated heterocycles. The monoisotopic (exact) mass is 288 g/mol. The number of rotatable bonds is 5. The van der Waals surface area contributed by atoms with Crippen LogP contribution in [0.3, 0.4) is 0 Å². The van der Waals surface area contributed by atoms with Crippen LogP contribution in [-0.4, -0.2) is 24.4 Å². The molecule has 0 radical (unpaired) electrons. The number of hydrogen-bond donors (Lipinski definition) is 0. The second-order valence-electron chi connectivity index (χ2n) is 6.95. The first-order valence-electron chi connectivity index (χ1n) is 7.89. The van der Waals surface area contributed by atoms with Crippen molar-refractivity contribution in [3.63, 3.8) is 0 Å². The van der Waals surface area contributed by atoms with Crippen LogP contribution < -0.4 is 0 Å². The molecule has 1 aliphatic carbocycles. The van der Waals surface area contributed by atoms with Crippen LogP contribution in [0.1, 0.15) is 65.7 Å². The Morgan fingerprint density at radius 3 is 2.53 bits per heavy atom. The van der Waals surface area contributed by atoms with Gasteiger partial charge < -0.3 is 9.47 Å². The van der Waals surface area contributed by atoms with E-state index in [0.717, 1.165) is 31.8 Å². The van der Waals surface area contributed by atoms with Gasteiger partial charge in [-0.05, 0) is 37.0 Å². The average Bonchev–Trinajstić information content (AvgIpc) is 2.73. The van der Waals surface area contributed by atoms with E-state index in [1.807, 2.05) is 0 Å². The molecule has 1 atom stereocenters. The Balaban J connectivity index is 1.86. The lowest BCUT2D eigenvalue weighted by molar-refractivity contribution is -0.197. The van der Waals surface area contributed by atoms with Crippen molar-refractivity contribution in [3.8, 4) is 0 Å². The van der Waals surface area contributed by atoms with Gasteiger partial charge in [-0.15, -0.1) is 11.6 Å². The van der Waals surface area contributed by atoms with E-state index in [-0.39, 0.29) is 11.9 Å². The molecule has 19 heavy (non-hydrogen) atoms. The Morgan fingerprint density at radius 2 is 1.95 bits per heavy atom. The third-order valence-corrected chi connectivity index (χ3v) is 5.31. The van der Waals surface area contributed by atoms with Crippen molar-refractivity contribution in [2.45, 2.75) is 77.6 Å². The minimum Gasteiger partial charge on any atom is -0.347 e. The highest BCUT2D eigenvalue weighted by molar-refractivity contribution is 6.17. The molecule has 1 heterocycles. The highest BCUT2D eigenvalue weighted by Crippen LogP contribution is 2.47. The minimum atomic E-state index is -0.268. The Morgan fingerprint density at radius 1 is 1.26 bits per heavy atom. The molecule has 0 aromatic rings. The second-order valence-corrected chi connectivity index (χ2v) is 7.33. The zero-order chi connectivity index (χ0) is 13.9. The fourth-order valence-electron chi connectivity index (χ4n) is 3.83. The van der Waals surface area contributed by atoms with E-state index in [1.165, 1.54) is 25.7 Å². The maximum absolute atomic E-state index is 6.14. The molecule has 2 rings (SSSR count). The normalized spacial score (nSPS) is 36.0. The van der Waals surface area contributed by atoms with E-state index < -0.39 is 0 Å². The highest BCUT2D eigenvalue weighted by atomic mass is 35.5. The SMILES string of the molecule is CCCC(C)(C)C1CCC2(CC1)OCC(CCCl)O2. The van der Waals surface area contributed by atoms with Crippen LogP contribution in [0.5, 0.6) is 0 Å². The van der Waals surface area contributed by atoms with Gasteiger partial charge in [0.05, 0.1) is 12.7 Å². The van der Waals surface area contributed by atoms with Crippen LogP contribution in [0.15, 0.2) is 0 Å². The van der Waals surface area contributed by atoms with Crippen molar-refractivity contribution in [1.82, 2.24) is 0 Å². The zero-order valence-electron chi connectivity index (χ0n) is 12.7. The Bertz CT molecular complexity index is 282. The zero-order valence-corrected chi connectivity index (χ0v) is 13.5. The summed E-state index contributed by atoms with van der Waals surface area (Å²) >= 11 is 5.79. The largest absolute Gasteiger partial charge is 0.347 e. The summed E-state index contributed by atoms with van der Waals surface area (Å²) in [6.07, 6.45) is 8.32. The molecule has 1 spiro atoms. The Hall–Kier alpha value is 0.210. The summed E-state index contributed by atoms with van der Waals surface area (Å²) in [5.41, 5.74) is 0.463. The summed E-state index contributed by atoms with van der Waals surface area (Å²) < 4.78 is 12.1. The van der Waals surface area contributed by atoms with Crippen molar-refractivity contribution in [1.29, 1.82) is 0 Å². The van der Waals surface area contributed by atoms with Crippen LogP contribution in [0.25, 0.3) is 0 Å². The fraction of sp³-hybridized carbons (Fsp3) is 1.00. The molecule has 3 heteroatoms. The summed E-state index contributed by atoms with van der Waals surface area (Å²) in [6, 6.07) is 0. The second kappa shape index (κ2) is 6.32. The first kappa shape index (κ1) is 15.6. The van der Waals surface area contributed by atoms with Crippen molar-refractivity contribution in [3.05, 3.63) is 0 Å². The Labute approximate surface area is 123 Å². The summed E-state index contributed by atoms with van der Waals surface area (Å²) in [5, 5.41) is 0. The van der Waals surface area contributed by atoms with Crippen molar-refractivity contribution < 1.29 is 9.47 Å². The summed E-state index contributed by atoms with van der Waals surface area (Å²) in [6.45, 7) is 7.86. The summed E-state index contributed by atoms with van der Waals surface area (Å²) in [7, 11) is 0. The molecule has 112 valence electrons. The van der Waals surface area contributed by atoms with E-state index in [4.69, 9.17) is 21.1 Å². The number of hydrogen-bond acceptors (Lipinski definition) is 2. The first-order chi connectivity index (χ1) is 9.01. The first-order valence-corrected chi connectivity index (χ1v) is 8.42. The van der Waals surface area contributed by atoms with Gasteiger partial charge in [0.15, 0.2) is 5.79 Å². The maximum Gasteiger partial charge on any atom is 0.168 e. The standard InChI is InChI=1S/C16H29ClO2/c1-4-8-15(2,3)13-5-9-16(10-6-13)18-12-14(19-16)7-11-17/h13-14H,4-12H2,1-3H3. The van der Waals surface area contributed by atoms with Crippen molar-refractivity contribution in [2.75, 3.05) is 12.5 Å². The molecule has 1 unspecified atom stereocenters. The van der Waals surface area contributed by atoms with Gasteiger partial charge in [-0.25, -0.2) is 0 Å². The van der Waals surface area contributed by atoms with E-state index in [1.54, 1.807) is 0 Å². The smallest absolute Gasteiger partial charge is 0.168 e. The number of alkyl halides is 1. The van der Waals surface area contributed by atoms with Crippen LogP contribution in [0.2, 0.25) is 0 Å². The van der Waals surface area contributed by atoms with E-state index in [9.17, 15) is 0 Å². The molecule has 2 nitrogen and oxygen atoms in total. The van der Waals surface area contributed by atoms with Crippen molar-refractivity contribution in [2.24, 2.45) is 11.3 Å². The lowest BCUT2D eigenvalue weighted by Crippen LogP contribution is -2.39. The molecule has 0 aromatic carbocycles. The fourth-order valence-corrected chi connectivity index (χ4v) is 4.07. The van der Waals surface area contributed by atoms with Gasteiger partial charge in [0.25, 0.3) is 0 Å².